The van der Waals surface area contributed by atoms with E-state index in [-0.39, 0.29) is 9.79 Å². The van der Waals surface area contributed by atoms with Crippen LogP contribution >= 0.6 is 11.8 Å². The molecule has 11 heteroatoms. The molecule has 1 saturated carbocycles. The molecular weight excluding hydrogens is 663 g/mol. The summed E-state index contributed by atoms with van der Waals surface area (Å²) in [5.74, 6) is 0.620. The van der Waals surface area contributed by atoms with Crippen molar-refractivity contribution in [3.63, 3.8) is 0 Å². The molecule has 5 rings (SSSR count). The SMILES string of the molecule is CC1(C)CCC(c2ccc(C(=O)NS(=O)(=O)c3ccc(CN(CCSc4ccccc4)Cc4ccc(S(N)(=O)=O)cc4)cc3)cc2)CC1. The Morgan fingerprint density at radius 3 is 1.88 bits per heavy atom. The summed E-state index contributed by atoms with van der Waals surface area (Å²) in [6.07, 6.45) is 4.56. The Labute approximate surface area is 289 Å². The number of nitrogens with one attached hydrogen (secondary N) is 1. The van der Waals surface area contributed by atoms with Gasteiger partial charge in [0.25, 0.3) is 15.9 Å². The third kappa shape index (κ3) is 10.0. The number of primary sulfonamides is 1. The monoisotopic (exact) mass is 705 g/mol. The van der Waals surface area contributed by atoms with Crippen LogP contribution in [0.25, 0.3) is 0 Å². The number of carbonyl (C=O) groups is 1. The van der Waals surface area contributed by atoms with Gasteiger partial charge in [-0.3, -0.25) is 9.69 Å². The van der Waals surface area contributed by atoms with E-state index < -0.39 is 26.0 Å². The highest BCUT2D eigenvalue weighted by molar-refractivity contribution is 7.99. The van der Waals surface area contributed by atoms with E-state index in [9.17, 15) is 21.6 Å². The quantitative estimate of drug-likeness (QED) is 0.145. The summed E-state index contributed by atoms with van der Waals surface area (Å²) in [5, 5.41) is 5.26. The highest BCUT2D eigenvalue weighted by Gasteiger charge is 2.28. The number of thioether (sulfide) groups is 1. The van der Waals surface area contributed by atoms with Crippen LogP contribution in [0.1, 0.15) is 72.5 Å². The lowest BCUT2D eigenvalue weighted by Gasteiger charge is -2.34. The van der Waals surface area contributed by atoms with Gasteiger partial charge in [0.2, 0.25) is 10.0 Å². The fraction of sp³-hybridized carbons (Fsp3) is 0.324. The minimum atomic E-state index is -4.08. The van der Waals surface area contributed by atoms with Crippen molar-refractivity contribution < 1.29 is 21.6 Å². The minimum Gasteiger partial charge on any atom is -0.294 e. The molecule has 0 saturated heterocycles. The average molecular weight is 706 g/mol. The summed E-state index contributed by atoms with van der Waals surface area (Å²) < 4.78 is 51.9. The summed E-state index contributed by atoms with van der Waals surface area (Å²) in [4.78, 5) is 16.4. The molecule has 0 aliphatic heterocycles. The topological polar surface area (TPSA) is 127 Å². The predicted molar refractivity (Wildman–Crippen MR) is 192 cm³/mol. The lowest BCUT2D eigenvalue weighted by molar-refractivity contribution is 0.0981. The Morgan fingerprint density at radius 1 is 0.792 bits per heavy atom. The first-order valence-corrected chi connectivity index (χ1v) is 20.1. The van der Waals surface area contributed by atoms with Crippen LogP contribution < -0.4 is 9.86 Å². The maximum atomic E-state index is 13.1. The van der Waals surface area contributed by atoms with Crippen molar-refractivity contribution in [3.8, 4) is 0 Å². The van der Waals surface area contributed by atoms with Crippen LogP contribution in [0.3, 0.4) is 0 Å². The third-order valence-electron chi connectivity index (χ3n) is 8.93. The molecule has 4 aromatic rings. The molecule has 1 amide bonds. The van der Waals surface area contributed by atoms with Crippen LogP contribution in [0.15, 0.2) is 118 Å². The second kappa shape index (κ2) is 15.4. The number of nitrogens with two attached hydrogens (primary N) is 1. The second-order valence-corrected chi connectivity index (χ2v) is 17.6. The second-order valence-electron chi connectivity index (χ2n) is 13.2. The van der Waals surface area contributed by atoms with Crippen LogP contribution in [-0.4, -0.2) is 39.9 Å². The third-order valence-corrected chi connectivity index (χ3v) is 12.2. The zero-order valence-electron chi connectivity index (χ0n) is 27.3. The molecule has 0 aromatic heterocycles. The van der Waals surface area contributed by atoms with E-state index in [0.29, 0.717) is 30.0 Å². The van der Waals surface area contributed by atoms with Gasteiger partial charge in [-0.2, -0.15) is 0 Å². The summed E-state index contributed by atoms with van der Waals surface area (Å²) in [5.41, 5.74) is 3.68. The maximum Gasteiger partial charge on any atom is 0.264 e. The number of nitrogens with zero attached hydrogens (tertiary/aromatic N) is 1. The van der Waals surface area contributed by atoms with Crippen LogP contribution in [-0.2, 0) is 33.1 Å². The Kier molecular flexibility index (Phi) is 11.5. The molecule has 0 bridgehead atoms. The van der Waals surface area contributed by atoms with Crippen LogP contribution in [0.5, 0.6) is 0 Å². The van der Waals surface area contributed by atoms with Crippen LogP contribution in [0.2, 0.25) is 0 Å². The Morgan fingerprint density at radius 2 is 1.33 bits per heavy atom. The molecule has 254 valence electrons. The Balaban J connectivity index is 1.22. The van der Waals surface area contributed by atoms with E-state index in [0.717, 1.165) is 41.2 Å². The van der Waals surface area contributed by atoms with Gasteiger partial charge in [0.1, 0.15) is 0 Å². The van der Waals surface area contributed by atoms with Crippen molar-refractivity contribution >= 4 is 37.7 Å². The Bertz CT molecular complexity index is 1890. The van der Waals surface area contributed by atoms with Gasteiger partial charge in [0, 0.05) is 35.8 Å². The van der Waals surface area contributed by atoms with E-state index in [1.807, 2.05) is 30.3 Å². The van der Waals surface area contributed by atoms with Gasteiger partial charge >= 0.3 is 0 Å². The molecule has 1 aliphatic carbocycles. The first-order chi connectivity index (χ1) is 22.8. The summed E-state index contributed by atoms with van der Waals surface area (Å²) >= 11 is 1.74. The molecule has 4 aromatic carbocycles. The predicted octanol–water partition coefficient (Wildman–Crippen LogP) is 6.93. The molecule has 1 aliphatic rings. The van der Waals surface area contributed by atoms with Crippen molar-refractivity contribution in [1.82, 2.24) is 9.62 Å². The molecule has 8 nitrogen and oxygen atoms in total. The number of hydrogen-bond acceptors (Lipinski definition) is 7. The Hall–Kier alpha value is -3.48. The fourth-order valence-electron chi connectivity index (χ4n) is 5.98. The van der Waals surface area contributed by atoms with E-state index >= 15 is 0 Å². The first kappa shape index (κ1) is 35.8. The normalized spacial score (nSPS) is 15.3. The smallest absolute Gasteiger partial charge is 0.264 e. The molecule has 48 heavy (non-hydrogen) atoms. The number of amides is 1. The molecule has 0 atom stereocenters. The van der Waals surface area contributed by atoms with Gasteiger partial charge in [-0.25, -0.2) is 26.7 Å². The number of sulfonamides is 2. The van der Waals surface area contributed by atoms with Gasteiger partial charge in [-0.1, -0.05) is 68.4 Å². The highest BCUT2D eigenvalue weighted by atomic mass is 32.2. The zero-order chi connectivity index (χ0) is 34.4. The number of rotatable bonds is 13. The van der Waals surface area contributed by atoms with Gasteiger partial charge in [0.15, 0.2) is 0 Å². The molecule has 0 heterocycles. The van der Waals surface area contributed by atoms with Crippen molar-refractivity contribution in [1.29, 1.82) is 0 Å². The number of carbonyl (C=O) groups excluding carboxylic acids is 1. The zero-order valence-corrected chi connectivity index (χ0v) is 29.8. The summed E-state index contributed by atoms with van der Waals surface area (Å²) in [7, 11) is -7.86. The van der Waals surface area contributed by atoms with Crippen LogP contribution in [0, 0.1) is 5.41 Å². The fourth-order valence-corrected chi connectivity index (χ4v) is 8.40. The molecule has 1 fully saturated rings. The van der Waals surface area contributed by atoms with Crippen molar-refractivity contribution in [2.75, 3.05) is 12.3 Å². The van der Waals surface area contributed by atoms with Gasteiger partial charge in [-0.05, 0) is 102 Å². The van der Waals surface area contributed by atoms with Crippen molar-refractivity contribution in [2.45, 2.75) is 73.2 Å². The minimum absolute atomic E-state index is 0.00538. The summed E-state index contributed by atoms with van der Waals surface area (Å²) in [6.45, 7) is 6.41. The van der Waals surface area contributed by atoms with E-state index in [4.69, 9.17) is 5.14 Å². The van der Waals surface area contributed by atoms with Crippen molar-refractivity contribution in [2.24, 2.45) is 10.6 Å². The van der Waals surface area contributed by atoms with E-state index in [1.165, 1.54) is 42.7 Å². The average Bonchev–Trinajstić information content (AvgIpc) is 3.05. The van der Waals surface area contributed by atoms with Gasteiger partial charge in [0.05, 0.1) is 9.79 Å². The van der Waals surface area contributed by atoms with Gasteiger partial charge in [-0.15, -0.1) is 11.8 Å². The van der Waals surface area contributed by atoms with Crippen LogP contribution in [0.4, 0.5) is 0 Å². The molecule has 0 radical (unpaired) electrons. The highest BCUT2D eigenvalue weighted by Crippen LogP contribution is 2.42. The molecule has 3 N–H and O–H groups in total. The molecule has 0 spiro atoms. The molecular formula is C37H43N3O5S3. The number of hydrogen-bond donors (Lipinski definition) is 2. The molecule has 0 unspecified atom stereocenters. The largest absolute Gasteiger partial charge is 0.294 e. The van der Waals surface area contributed by atoms with E-state index in [2.05, 4.69) is 35.6 Å². The first-order valence-electron chi connectivity index (χ1n) is 16.1. The maximum absolute atomic E-state index is 13.1. The van der Waals surface area contributed by atoms with E-state index in [1.54, 1.807) is 48.2 Å². The number of benzene rings is 4. The van der Waals surface area contributed by atoms with Gasteiger partial charge < -0.3 is 0 Å². The summed E-state index contributed by atoms with van der Waals surface area (Å²) in [6, 6.07) is 30.4. The lowest BCUT2D eigenvalue weighted by atomic mass is 9.71. The standard InChI is InChI=1S/C37H43N3O5S3/c1-37(2)22-20-31(21-23-37)30-12-14-32(15-13-30)36(41)39-48(44,45)35-18-10-29(11-19-35)27-40(24-25-46-33-6-4-3-5-7-33)26-28-8-16-34(17-9-28)47(38,42)43/h3-19,31H,20-27H2,1-2H3,(H,39,41)(H2,38,42,43). The van der Waals surface area contributed by atoms with Crippen molar-refractivity contribution in [3.05, 3.63) is 125 Å². The lowest BCUT2D eigenvalue weighted by Crippen LogP contribution is -2.30.